The van der Waals surface area contributed by atoms with Gasteiger partial charge in [0, 0.05) is 56.4 Å². The summed E-state index contributed by atoms with van der Waals surface area (Å²) >= 11 is 13.6. The smallest absolute Gasteiger partial charge is 0.277 e. The van der Waals surface area contributed by atoms with Crippen LogP contribution < -0.4 is 45.9 Å². The van der Waals surface area contributed by atoms with E-state index in [9.17, 15) is 59.5 Å². The number of rotatable bonds is 20. The summed E-state index contributed by atoms with van der Waals surface area (Å²) in [6.07, 6.45) is 11.7. The minimum Gasteiger partial charge on any atom is -0.482 e. The van der Waals surface area contributed by atoms with Crippen molar-refractivity contribution in [3.05, 3.63) is 521 Å². The number of pyridine rings is 3. The van der Waals surface area contributed by atoms with Gasteiger partial charge in [-0.25, -0.2) is 39.5 Å². The van der Waals surface area contributed by atoms with Crippen molar-refractivity contribution < 1.29 is 68.1 Å². The van der Waals surface area contributed by atoms with Gasteiger partial charge in [0.05, 0.1) is 4.87 Å². The van der Waals surface area contributed by atoms with Gasteiger partial charge in [0.2, 0.25) is 16.3 Å². The Bertz CT molecular complexity index is 7730. The topological polar surface area (TPSA) is 173 Å². The van der Waals surface area contributed by atoms with Gasteiger partial charge in [-0.1, -0.05) is 220 Å². The number of nitrogens with one attached hydrogen (secondary N) is 1. The van der Waals surface area contributed by atoms with Crippen LogP contribution in [0.1, 0.15) is 139 Å². The molecule has 0 saturated heterocycles. The summed E-state index contributed by atoms with van der Waals surface area (Å²) < 4.78 is 151. The molecule has 0 bridgehead atoms. The molecule has 144 heavy (non-hydrogen) atoms. The van der Waals surface area contributed by atoms with Crippen molar-refractivity contribution >= 4 is 53.1 Å². The van der Waals surface area contributed by atoms with E-state index >= 15 is 8.78 Å². The zero-order chi connectivity index (χ0) is 98.9. The van der Waals surface area contributed by atoms with Gasteiger partial charge in [-0.15, -0.1) is 23.2 Å². The normalized spacial score (nSPS) is 18.3. The van der Waals surface area contributed by atoms with Gasteiger partial charge >= 0.3 is 0 Å². The molecular weight excluding hydrogens is 1890 g/mol. The maximum Gasteiger partial charge on any atom is 0.277 e. The number of halogens is 11. The van der Waals surface area contributed by atoms with E-state index in [0.29, 0.717) is 96.0 Å². The van der Waals surface area contributed by atoms with Gasteiger partial charge in [0.15, 0.2) is 69.2 Å². The van der Waals surface area contributed by atoms with Crippen molar-refractivity contribution in [2.75, 3.05) is 55.1 Å². The minimum atomic E-state index is -1.13. The lowest BCUT2D eigenvalue weighted by Crippen LogP contribution is -2.62. The van der Waals surface area contributed by atoms with Gasteiger partial charge in [0.1, 0.15) is 73.2 Å². The standard InChI is InChI=1S/2C38H28F3N3O3.C22H20FN3O3.C16H10Cl2F2.CH4/c2*39-29-11-6-9-24(17-29)13-15-42-23-44(43-16-14-34(45)36(35(43)37(42)46)47-22-25-7-2-1-3-8-25)38-28(18-26-10-4-5-12-30(26)38)19-27-20-32(40)33(41)21-31(27)38;23-18-8-4-7-16(13-18)9-11-25-15-24-26-12-10-19(27)21(20(26)22(25)28)29-14-17-5-2-1-3-6-17;17-15-7-9-3-1-2-4-11(9)16(15,18)12-6-14(20)13(19)5-10(12)8-15;/h1-12,14,16-17,19-21H,13,15,18,22-23H2;1-12,14,16-18,20-21H,13,15,19,22-23H2;1-8,10,12-13,24H,9,11,14-15H2;1-6H,7-8H2;1H4. The molecule has 3 aromatic heterocycles. The molecule has 0 radical (unpaired) electrons. The fraction of sp³-hybridized carbons (Fsp3) is 0.183. The second kappa shape index (κ2) is 38.9. The van der Waals surface area contributed by atoms with Crippen LogP contribution in [0, 0.1) is 52.4 Å². The lowest BCUT2D eigenvalue weighted by molar-refractivity contribution is 0.0659. The van der Waals surface area contributed by atoms with Crippen LogP contribution in [0.25, 0.3) is 12.2 Å². The maximum absolute atomic E-state index is 15.1. The van der Waals surface area contributed by atoms with Crippen LogP contribution in [0.5, 0.6) is 17.2 Å². The molecule has 9 aliphatic rings. The first kappa shape index (κ1) is 95.7. The number of alkyl halides is 2. The number of aromatic nitrogens is 3. The van der Waals surface area contributed by atoms with Crippen LogP contribution in [0.4, 0.5) is 39.5 Å². The Morgan fingerprint density at radius 2 is 0.708 bits per heavy atom. The van der Waals surface area contributed by atoms with Crippen molar-refractivity contribution in [1.29, 1.82) is 0 Å². The van der Waals surface area contributed by atoms with E-state index < -0.39 is 78.4 Å². The Kier molecular flexibility index (Phi) is 25.8. The second-order valence-electron chi connectivity index (χ2n) is 36.4. The third-order valence-electron chi connectivity index (χ3n) is 27.9. The third-order valence-corrected chi connectivity index (χ3v) is 29.3. The van der Waals surface area contributed by atoms with Crippen LogP contribution in [-0.2, 0) is 80.7 Å². The first-order chi connectivity index (χ1) is 69.2. The molecule has 4 unspecified atom stereocenters. The van der Waals surface area contributed by atoms with E-state index in [1.807, 2.05) is 192 Å². The summed E-state index contributed by atoms with van der Waals surface area (Å²) in [4.78, 5) is 84.2. The fourth-order valence-electron chi connectivity index (χ4n) is 21.3. The monoisotopic (exact) mass is 1980 g/mol. The van der Waals surface area contributed by atoms with Crippen LogP contribution in [-0.4, -0.2) is 91.0 Å². The van der Waals surface area contributed by atoms with Crippen LogP contribution in [0.3, 0.4) is 0 Å². The molecule has 24 rings (SSSR count). The molecule has 18 nitrogen and oxygen atoms in total. The summed E-state index contributed by atoms with van der Waals surface area (Å²) in [5.74, 6) is -8.01. The summed E-state index contributed by atoms with van der Waals surface area (Å²) in [5.41, 5.74) is 15.4. The lowest BCUT2D eigenvalue weighted by Gasteiger charge is -2.49. The van der Waals surface area contributed by atoms with E-state index in [1.54, 1.807) is 66.8 Å². The Labute approximate surface area is 831 Å². The third kappa shape index (κ3) is 17.1. The molecule has 29 heteroatoms. The number of hydrogen-bond donors (Lipinski definition) is 1. The summed E-state index contributed by atoms with van der Waals surface area (Å²) in [6, 6.07) is 81.5. The van der Waals surface area contributed by atoms with Gasteiger partial charge in [0.25, 0.3) is 17.7 Å². The summed E-state index contributed by atoms with van der Waals surface area (Å²) in [5, 5.41) is 3.87. The highest BCUT2D eigenvalue weighted by atomic mass is 35.5. The van der Waals surface area contributed by atoms with Gasteiger partial charge in [-0.3, -0.25) is 52.8 Å². The lowest BCUT2D eigenvalue weighted by atomic mass is 9.83. The quantitative estimate of drug-likeness (QED) is 0.0566. The molecule has 0 spiro atoms. The number of hydrogen-bond acceptors (Lipinski definition) is 12. The highest BCUT2D eigenvalue weighted by Crippen LogP contribution is 2.64. The molecule has 1 N–H and O–H groups in total. The van der Waals surface area contributed by atoms with Crippen molar-refractivity contribution in [2.24, 2.45) is 0 Å². The number of benzene rings is 12. The highest BCUT2D eigenvalue weighted by molar-refractivity contribution is 6.38. The van der Waals surface area contributed by atoms with Crippen LogP contribution in [0.15, 0.2) is 335 Å². The van der Waals surface area contributed by atoms with Gasteiger partial charge in [-0.05, 0) is 229 Å². The molecule has 12 aromatic carbocycles. The summed E-state index contributed by atoms with van der Waals surface area (Å²) in [6.45, 7) is 1.41. The molecular formula is C115H90Cl2F9N9O9. The molecule has 726 valence electrons. The molecule has 15 aromatic rings. The molecule has 3 aliphatic heterocycles. The van der Waals surface area contributed by atoms with Crippen molar-refractivity contribution in [1.82, 2.24) is 28.7 Å². The number of carbonyl (C=O) groups is 3. The largest absolute Gasteiger partial charge is 0.482 e. The zero-order valence-electron chi connectivity index (χ0n) is 76.3. The number of fused-ring (bicyclic) bond motifs is 18. The Morgan fingerprint density at radius 3 is 1.22 bits per heavy atom. The molecule has 0 fully saturated rings. The molecule has 6 heterocycles. The maximum atomic E-state index is 15.1. The number of amides is 3. The van der Waals surface area contributed by atoms with E-state index in [2.05, 4.69) is 5.43 Å². The molecule has 0 saturated carbocycles. The molecule has 3 amide bonds. The van der Waals surface area contributed by atoms with Gasteiger partial charge < -0.3 is 34.3 Å². The zero-order valence-corrected chi connectivity index (χ0v) is 77.8. The average Bonchev–Trinajstić information content (AvgIpc) is 1.51. The highest BCUT2D eigenvalue weighted by Gasteiger charge is 2.63. The SMILES string of the molecule is C.Fc1cc2c(cc1F)C1(Cl)c3ccccc3CC1(Cl)C2.O=C1c2c(OCc3ccccc3)c(=O)ccn2N(C23C(=Cc4cc(F)c(F)cc42)Cc2ccccc23)CN1CCc1cccc(F)c1.O=C1c2c(OCc3ccccc3)c(=O)ccn2N(C23C(=Cc4ccccc42)Cc2cc(F)c(F)cc23)CN1CCc1cccc(F)c1.O=C1c2c(OCc3ccccc3)c(=O)ccn2NCN1CCc1cccc(F)c1. The minimum absolute atomic E-state index is 0. The van der Waals surface area contributed by atoms with Crippen LogP contribution in [0.2, 0.25) is 0 Å². The van der Waals surface area contributed by atoms with E-state index in [0.717, 1.165) is 66.8 Å². The number of ether oxygens (including phenoxy) is 3. The first-order valence-corrected chi connectivity index (χ1v) is 47.2. The van der Waals surface area contributed by atoms with Gasteiger partial charge in [-0.2, -0.15) is 0 Å². The summed E-state index contributed by atoms with van der Waals surface area (Å²) in [7, 11) is 0. The Hall–Kier alpha value is -15.9. The Balaban J connectivity index is 0.000000122. The van der Waals surface area contributed by atoms with E-state index in [1.165, 1.54) is 102 Å². The number of nitrogens with zero attached hydrogens (tertiary/aromatic N) is 8. The molecule has 4 atom stereocenters. The predicted octanol–water partition coefficient (Wildman–Crippen LogP) is 20.6. The predicted molar refractivity (Wildman–Crippen MR) is 531 cm³/mol. The average molecular weight is 1980 g/mol. The van der Waals surface area contributed by atoms with Crippen LogP contribution >= 0.6 is 23.2 Å². The fourth-order valence-corrected chi connectivity index (χ4v) is 22.3. The second-order valence-corrected chi connectivity index (χ2v) is 37.7. The van der Waals surface area contributed by atoms with Crippen molar-refractivity contribution in [3.8, 4) is 17.2 Å². The molecule has 6 aliphatic carbocycles. The van der Waals surface area contributed by atoms with Crippen molar-refractivity contribution in [2.45, 2.75) is 93.0 Å². The Morgan fingerprint density at radius 1 is 0.326 bits per heavy atom. The van der Waals surface area contributed by atoms with E-state index in [4.69, 9.17) is 37.4 Å². The van der Waals surface area contributed by atoms with Crippen molar-refractivity contribution in [3.63, 3.8) is 0 Å². The van der Waals surface area contributed by atoms with E-state index in [-0.39, 0.29) is 123 Å². The first-order valence-electron chi connectivity index (χ1n) is 46.5. The number of carbonyl (C=O) groups excluding carboxylic acids is 3.